The molecule has 0 radical (unpaired) electrons. The highest BCUT2D eigenvalue weighted by molar-refractivity contribution is 6.08. The number of benzene rings is 2. The van der Waals surface area contributed by atoms with E-state index >= 15 is 0 Å². The van der Waals surface area contributed by atoms with Crippen molar-refractivity contribution in [3.8, 4) is 17.2 Å². The summed E-state index contributed by atoms with van der Waals surface area (Å²) in [5, 5.41) is 10.0. The Kier molecular flexibility index (Phi) is 6.23. The van der Waals surface area contributed by atoms with E-state index in [0.29, 0.717) is 30.3 Å². The summed E-state index contributed by atoms with van der Waals surface area (Å²) >= 11 is 0. The molecule has 4 heteroatoms. The topological polar surface area (TPSA) is 55.8 Å². The van der Waals surface area contributed by atoms with Gasteiger partial charge in [-0.1, -0.05) is 12.1 Å². The second-order valence-electron chi connectivity index (χ2n) is 5.72. The highest BCUT2D eigenvalue weighted by atomic mass is 16.5. The molecule has 0 saturated heterocycles. The fourth-order valence-electron chi connectivity index (χ4n) is 2.43. The quantitative estimate of drug-likeness (QED) is 0.586. The average molecular weight is 340 g/mol. The summed E-state index contributed by atoms with van der Waals surface area (Å²) < 4.78 is 11.1. The average Bonchev–Trinajstić information content (AvgIpc) is 2.58. The zero-order valence-corrected chi connectivity index (χ0v) is 15.1. The van der Waals surface area contributed by atoms with E-state index in [0.717, 1.165) is 16.7 Å². The molecule has 0 aliphatic rings. The van der Waals surface area contributed by atoms with Gasteiger partial charge >= 0.3 is 0 Å². The lowest BCUT2D eigenvalue weighted by Gasteiger charge is -2.11. The maximum Gasteiger partial charge on any atom is 0.189 e. The number of ether oxygens (including phenoxy) is 2. The zero-order valence-electron chi connectivity index (χ0n) is 15.1. The number of phenolic OH excluding ortho intramolecular Hbond substituents is 1. The van der Waals surface area contributed by atoms with Crippen molar-refractivity contribution in [2.45, 2.75) is 27.7 Å². The minimum Gasteiger partial charge on any atom is -0.507 e. The fourth-order valence-corrected chi connectivity index (χ4v) is 2.43. The van der Waals surface area contributed by atoms with Crippen LogP contribution < -0.4 is 9.47 Å². The van der Waals surface area contributed by atoms with Gasteiger partial charge in [0.1, 0.15) is 5.75 Å². The molecule has 0 bridgehead atoms. The molecule has 0 saturated carbocycles. The van der Waals surface area contributed by atoms with Gasteiger partial charge in [-0.25, -0.2) is 0 Å². The number of hydrogen-bond donors (Lipinski definition) is 1. The molecule has 0 aliphatic heterocycles. The Morgan fingerprint density at radius 1 is 1.00 bits per heavy atom. The van der Waals surface area contributed by atoms with E-state index in [2.05, 4.69) is 0 Å². The van der Waals surface area contributed by atoms with Crippen molar-refractivity contribution < 1.29 is 19.4 Å². The Balaban J connectivity index is 2.25. The van der Waals surface area contributed by atoms with Crippen LogP contribution in [0.25, 0.3) is 6.08 Å². The lowest BCUT2D eigenvalue weighted by molar-refractivity contribution is 0.104. The summed E-state index contributed by atoms with van der Waals surface area (Å²) in [6, 6.07) is 8.84. The predicted octanol–water partition coefficient (Wildman–Crippen LogP) is 4.70. The largest absolute Gasteiger partial charge is 0.507 e. The molecule has 0 aromatic heterocycles. The Labute approximate surface area is 148 Å². The van der Waals surface area contributed by atoms with Crippen molar-refractivity contribution in [2.24, 2.45) is 0 Å². The molecule has 0 heterocycles. The molecule has 2 aromatic rings. The van der Waals surface area contributed by atoms with Crippen molar-refractivity contribution >= 4 is 11.9 Å². The van der Waals surface area contributed by atoms with E-state index in [9.17, 15) is 9.90 Å². The van der Waals surface area contributed by atoms with Gasteiger partial charge in [0, 0.05) is 0 Å². The van der Waals surface area contributed by atoms with Crippen LogP contribution in [0.4, 0.5) is 0 Å². The van der Waals surface area contributed by atoms with Gasteiger partial charge in [0.15, 0.2) is 17.3 Å². The summed E-state index contributed by atoms with van der Waals surface area (Å²) in [4.78, 5) is 12.4. The minimum atomic E-state index is -0.243. The van der Waals surface area contributed by atoms with Gasteiger partial charge in [0.25, 0.3) is 0 Å². The SMILES string of the molecule is CCOc1ccc(C=CC(=O)c2cc(C)c(C)cc2O)cc1OCC. The molecule has 132 valence electrons. The number of aryl methyl sites for hydroxylation is 2. The molecule has 0 atom stereocenters. The first-order valence-corrected chi connectivity index (χ1v) is 8.38. The standard InChI is InChI=1S/C21H24O4/c1-5-24-20-10-8-16(13-21(20)25-6-2)7-9-18(22)17-11-14(3)15(4)12-19(17)23/h7-13,23H,5-6H2,1-4H3. The van der Waals surface area contributed by atoms with Crippen LogP contribution in [-0.2, 0) is 0 Å². The third-order valence-corrected chi connectivity index (χ3v) is 3.87. The lowest BCUT2D eigenvalue weighted by Crippen LogP contribution is -1.99. The molecule has 0 aliphatic carbocycles. The number of allylic oxidation sites excluding steroid dienone is 1. The van der Waals surface area contributed by atoms with Crippen LogP contribution in [0, 0.1) is 13.8 Å². The van der Waals surface area contributed by atoms with Gasteiger partial charge in [-0.05, 0) is 74.7 Å². The first-order valence-electron chi connectivity index (χ1n) is 8.38. The molecule has 4 nitrogen and oxygen atoms in total. The number of aromatic hydroxyl groups is 1. The van der Waals surface area contributed by atoms with Crippen LogP contribution in [0.1, 0.15) is 40.9 Å². The van der Waals surface area contributed by atoms with Crippen molar-refractivity contribution in [1.82, 2.24) is 0 Å². The first-order chi connectivity index (χ1) is 12.0. The lowest BCUT2D eigenvalue weighted by atomic mass is 10.0. The van der Waals surface area contributed by atoms with Crippen molar-refractivity contribution in [2.75, 3.05) is 13.2 Å². The molecule has 2 rings (SSSR count). The molecular formula is C21H24O4. The van der Waals surface area contributed by atoms with Crippen LogP contribution in [-0.4, -0.2) is 24.1 Å². The molecule has 25 heavy (non-hydrogen) atoms. The van der Waals surface area contributed by atoms with Gasteiger partial charge in [-0.3, -0.25) is 4.79 Å². The molecule has 0 amide bonds. The number of phenols is 1. The molecule has 1 N–H and O–H groups in total. The smallest absolute Gasteiger partial charge is 0.189 e. The summed E-state index contributed by atoms with van der Waals surface area (Å²) in [5.74, 6) is 1.08. The third-order valence-electron chi connectivity index (χ3n) is 3.87. The Morgan fingerprint density at radius 3 is 2.32 bits per heavy atom. The van der Waals surface area contributed by atoms with E-state index in [1.54, 1.807) is 18.2 Å². The monoisotopic (exact) mass is 340 g/mol. The Morgan fingerprint density at radius 2 is 1.64 bits per heavy atom. The van der Waals surface area contributed by atoms with E-state index in [-0.39, 0.29) is 11.5 Å². The summed E-state index contributed by atoms with van der Waals surface area (Å²) in [7, 11) is 0. The third kappa shape index (κ3) is 4.63. The summed E-state index contributed by atoms with van der Waals surface area (Å²) in [6.07, 6.45) is 3.16. The normalized spacial score (nSPS) is 10.9. The number of carbonyl (C=O) groups excluding carboxylic acids is 1. The second-order valence-corrected chi connectivity index (χ2v) is 5.72. The van der Waals surface area contributed by atoms with Crippen LogP contribution in [0.3, 0.4) is 0 Å². The maximum absolute atomic E-state index is 12.4. The van der Waals surface area contributed by atoms with E-state index in [1.165, 1.54) is 6.08 Å². The molecule has 0 unspecified atom stereocenters. The summed E-state index contributed by atoms with van der Waals surface area (Å²) in [6.45, 7) is 8.72. The number of carbonyl (C=O) groups is 1. The zero-order chi connectivity index (χ0) is 18.4. The van der Waals surface area contributed by atoms with Crippen molar-refractivity contribution in [3.63, 3.8) is 0 Å². The number of hydrogen-bond acceptors (Lipinski definition) is 4. The van der Waals surface area contributed by atoms with Gasteiger partial charge in [-0.2, -0.15) is 0 Å². The minimum absolute atomic E-state index is 0.000510. The van der Waals surface area contributed by atoms with Gasteiger partial charge < -0.3 is 14.6 Å². The molecule has 2 aromatic carbocycles. The van der Waals surface area contributed by atoms with Gasteiger partial charge in [0.05, 0.1) is 18.8 Å². The Hall–Kier alpha value is -2.75. The van der Waals surface area contributed by atoms with Gasteiger partial charge in [-0.15, -0.1) is 0 Å². The molecule has 0 fully saturated rings. The molecular weight excluding hydrogens is 316 g/mol. The Bertz CT molecular complexity index is 791. The van der Waals surface area contributed by atoms with E-state index in [1.807, 2.05) is 45.9 Å². The second kappa shape index (κ2) is 8.38. The van der Waals surface area contributed by atoms with Crippen LogP contribution in [0.2, 0.25) is 0 Å². The van der Waals surface area contributed by atoms with Crippen LogP contribution in [0.5, 0.6) is 17.2 Å². The fraction of sp³-hybridized carbons (Fsp3) is 0.286. The highest BCUT2D eigenvalue weighted by Crippen LogP contribution is 2.29. The first kappa shape index (κ1) is 18.6. The van der Waals surface area contributed by atoms with Crippen molar-refractivity contribution in [3.05, 3.63) is 58.7 Å². The predicted molar refractivity (Wildman–Crippen MR) is 99.7 cm³/mol. The highest BCUT2D eigenvalue weighted by Gasteiger charge is 2.10. The number of ketones is 1. The number of rotatable bonds is 7. The molecule has 0 spiro atoms. The van der Waals surface area contributed by atoms with Gasteiger partial charge in [0.2, 0.25) is 0 Å². The van der Waals surface area contributed by atoms with E-state index in [4.69, 9.17) is 9.47 Å². The van der Waals surface area contributed by atoms with Crippen LogP contribution in [0.15, 0.2) is 36.4 Å². The van der Waals surface area contributed by atoms with E-state index < -0.39 is 0 Å². The summed E-state index contributed by atoms with van der Waals surface area (Å²) in [5.41, 5.74) is 3.04. The maximum atomic E-state index is 12.4. The van der Waals surface area contributed by atoms with Crippen LogP contribution >= 0.6 is 0 Å². The van der Waals surface area contributed by atoms with Crippen molar-refractivity contribution in [1.29, 1.82) is 0 Å².